The summed E-state index contributed by atoms with van der Waals surface area (Å²) in [7, 11) is 2.06. The summed E-state index contributed by atoms with van der Waals surface area (Å²) in [6.45, 7) is 0. The molecule has 0 N–H and O–H groups in total. The van der Waals surface area contributed by atoms with Gasteiger partial charge in [-0.15, -0.1) is 0 Å². The fraction of sp³-hybridized carbons (Fsp3) is 0.273. The van der Waals surface area contributed by atoms with Crippen molar-refractivity contribution in [2.24, 2.45) is 7.05 Å². The normalized spacial score (nSPS) is 11.1. The van der Waals surface area contributed by atoms with E-state index in [0.717, 1.165) is 10.8 Å². The number of benzene rings is 1. The average molecular weight is 226 g/mol. The highest BCUT2D eigenvalue weighted by Crippen LogP contribution is 2.26. The molecule has 0 saturated carbocycles. The molecule has 0 aliphatic rings. The summed E-state index contributed by atoms with van der Waals surface area (Å²) in [6.07, 6.45) is 4.30. The third-order valence-electron chi connectivity index (χ3n) is 2.34. The van der Waals surface area contributed by atoms with E-state index in [9.17, 15) is 0 Å². The molecule has 0 aliphatic heterocycles. The maximum absolute atomic E-state index is 5.96. The van der Waals surface area contributed by atoms with E-state index in [1.165, 1.54) is 16.5 Å². The van der Waals surface area contributed by atoms with Crippen molar-refractivity contribution in [2.45, 2.75) is 5.75 Å². The number of hydrogen-bond acceptors (Lipinski definition) is 1. The molecule has 0 atom stereocenters. The standard InChI is InChI=1S/C11H12ClNS/c1-13-6-8(7-14-2)10-4-3-9(12)5-11(10)13/h3-6H,7H2,1-2H3. The van der Waals surface area contributed by atoms with Crippen molar-refractivity contribution in [3.05, 3.63) is 35.0 Å². The van der Waals surface area contributed by atoms with Gasteiger partial charge in [0.15, 0.2) is 0 Å². The Morgan fingerprint density at radius 1 is 1.43 bits per heavy atom. The Morgan fingerprint density at radius 3 is 2.93 bits per heavy atom. The van der Waals surface area contributed by atoms with Crippen LogP contribution in [0, 0.1) is 0 Å². The number of fused-ring (bicyclic) bond motifs is 1. The molecule has 14 heavy (non-hydrogen) atoms. The minimum absolute atomic E-state index is 0.800. The number of aromatic nitrogens is 1. The number of thioether (sulfide) groups is 1. The molecule has 2 aromatic rings. The van der Waals surface area contributed by atoms with Gasteiger partial charge < -0.3 is 4.57 Å². The van der Waals surface area contributed by atoms with E-state index >= 15 is 0 Å². The lowest BCUT2D eigenvalue weighted by molar-refractivity contribution is 0.963. The zero-order valence-corrected chi connectivity index (χ0v) is 9.82. The van der Waals surface area contributed by atoms with Crippen molar-refractivity contribution in [1.29, 1.82) is 0 Å². The molecule has 1 nitrogen and oxygen atoms in total. The van der Waals surface area contributed by atoms with E-state index < -0.39 is 0 Å². The van der Waals surface area contributed by atoms with Gasteiger partial charge in [0.05, 0.1) is 0 Å². The topological polar surface area (TPSA) is 4.93 Å². The summed E-state index contributed by atoms with van der Waals surface area (Å²) in [6, 6.07) is 6.07. The molecule has 0 bridgehead atoms. The highest BCUT2D eigenvalue weighted by atomic mass is 35.5. The van der Waals surface area contributed by atoms with Crippen LogP contribution in [0.25, 0.3) is 10.9 Å². The molecule has 74 valence electrons. The second kappa shape index (κ2) is 3.87. The molecule has 1 aromatic carbocycles. The summed E-state index contributed by atoms with van der Waals surface area (Å²) >= 11 is 7.80. The van der Waals surface area contributed by atoms with E-state index in [-0.39, 0.29) is 0 Å². The molecule has 1 aromatic heterocycles. The van der Waals surface area contributed by atoms with Crippen LogP contribution in [0.4, 0.5) is 0 Å². The first-order valence-corrected chi connectivity index (χ1v) is 6.22. The number of halogens is 1. The fourth-order valence-electron chi connectivity index (χ4n) is 1.71. The van der Waals surface area contributed by atoms with Crippen LogP contribution in [0.2, 0.25) is 5.02 Å². The average Bonchev–Trinajstić information content (AvgIpc) is 2.44. The van der Waals surface area contributed by atoms with Crippen LogP contribution in [0.15, 0.2) is 24.4 Å². The molecule has 3 heteroatoms. The van der Waals surface area contributed by atoms with Crippen molar-refractivity contribution in [2.75, 3.05) is 6.26 Å². The van der Waals surface area contributed by atoms with Crippen LogP contribution in [-0.2, 0) is 12.8 Å². The Balaban J connectivity index is 2.65. The molecule has 0 radical (unpaired) electrons. The largest absolute Gasteiger partial charge is 0.350 e. The van der Waals surface area contributed by atoms with Gasteiger partial charge >= 0.3 is 0 Å². The number of aryl methyl sites for hydroxylation is 1. The minimum Gasteiger partial charge on any atom is -0.350 e. The third-order valence-corrected chi connectivity index (χ3v) is 3.17. The smallest absolute Gasteiger partial charge is 0.0495 e. The van der Waals surface area contributed by atoms with Crippen LogP contribution >= 0.6 is 23.4 Å². The zero-order valence-electron chi connectivity index (χ0n) is 8.25. The molecule has 0 amide bonds. The number of nitrogens with zero attached hydrogens (tertiary/aromatic N) is 1. The number of rotatable bonds is 2. The monoisotopic (exact) mass is 225 g/mol. The third kappa shape index (κ3) is 1.64. The first kappa shape index (κ1) is 9.94. The first-order valence-electron chi connectivity index (χ1n) is 4.45. The van der Waals surface area contributed by atoms with Crippen molar-refractivity contribution in [1.82, 2.24) is 4.57 Å². The lowest BCUT2D eigenvalue weighted by atomic mass is 10.2. The Kier molecular flexibility index (Phi) is 2.75. The lowest BCUT2D eigenvalue weighted by Crippen LogP contribution is -1.82. The summed E-state index contributed by atoms with van der Waals surface area (Å²) in [4.78, 5) is 0. The fourth-order valence-corrected chi connectivity index (χ4v) is 2.42. The van der Waals surface area contributed by atoms with Gasteiger partial charge in [-0.3, -0.25) is 0 Å². The quantitative estimate of drug-likeness (QED) is 0.755. The Hall–Kier alpha value is -0.600. The molecule has 2 rings (SSSR count). The maximum atomic E-state index is 5.96. The molecule has 0 saturated heterocycles. The molecular weight excluding hydrogens is 214 g/mol. The van der Waals surface area contributed by atoms with Crippen molar-refractivity contribution in [3.8, 4) is 0 Å². The van der Waals surface area contributed by atoms with Crippen LogP contribution < -0.4 is 0 Å². The summed E-state index contributed by atoms with van der Waals surface area (Å²) in [5.41, 5.74) is 2.59. The van der Waals surface area contributed by atoms with Crippen LogP contribution in [-0.4, -0.2) is 10.8 Å². The van der Waals surface area contributed by atoms with Gasteiger partial charge in [0, 0.05) is 34.9 Å². The van der Waals surface area contributed by atoms with Gasteiger partial charge in [0.1, 0.15) is 0 Å². The SMILES string of the molecule is CSCc1cn(C)c2cc(Cl)ccc12. The van der Waals surface area contributed by atoms with E-state index in [1.807, 2.05) is 23.9 Å². The first-order chi connectivity index (χ1) is 6.72. The van der Waals surface area contributed by atoms with Crippen LogP contribution in [0.3, 0.4) is 0 Å². The Bertz CT molecular complexity index is 462. The predicted octanol–water partition coefficient (Wildman–Crippen LogP) is 3.69. The van der Waals surface area contributed by atoms with Gasteiger partial charge in [-0.2, -0.15) is 11.8 Å². The van der Waals surface area contributed by atoms with Gasteiger partial charge in [-0.05, 0) is 24.0 Å². The highest BCUT2D eigenvalue weighted by molar-refractivity contribution is 7.97. The van der Waals surface area contributed by atoms with E-state index in [4.69, 9.17) is 11.6 Å². The predicted molar refractivity (Wildman–Crippen MR) is 65.1 cm³/mol. The minimum atomic E-state index is 0.800. The van der Waals surface area contributed by atoms with E-state index in [0.29, 0.717) is 0 Å². The molecule has 0 spiro atoms. The second-order valence-corrected chi connectivity index (χ2v) is 4.66. The van der Waals surface area contributed by atoms with Crippen LogP contribution in [0.1, 0.15) is 5.56 Å². The summed E-state index contributed by atoms with van der Waals surface area (Å²) < 4.78 is 2.13. The van der Waals surface area contributed by atoms with Crippen LogP contribution in [0.5, 0.6) is 0 Å². The van der Waals surface area contributed by atoms with Gasteiger partial charge in [0.2, 0.25) is 0 Å². The Labute approximate surface area is 93.1 Å². The van der Waals surface area contributed by atoms with Gasteiger partial charge in [-0.1, -0.05) is 17.7 Å². The molecular formula is C11H12ClNS. The van der Waals surface area contributed by atoms with E-state index in [1.54, 1.807) is 0 Å². The van der Waals surface area contributed by atoms with Gasteiger partial charge in [-0.25, -0.2) is 0 Å². The Morgan fingerprint density at radius 2 is 2.21 bits per heavy atom. The maximum Gasteiger partial charge on any atom is 0.0495 e. The molecule has 0 unspecified atom stereocenters. The lowest BCUT2D eigenvalue weighted by Gasteiger charge is -1.96. The molecule has 0 fully saturated rings. The van der Waals surface area contributed by atoms with E-state index in [2.05, 4.69) is 30.1 Å². The number of hydrogen-bond donors (Lipinski definition) is 0. The van der Waals surface area contributed by atoms with Crippen molar-refractivity contribution >= 4 is 34.3 Å². The molecule has 1 heterocycles. The zero-order chi connectivity index (χ0) is 10.1. The second-order valence-electron chi connectivity index (χ2n) is 3.36. The van der Waals surface area contributed by atoms with Crippen molar-refractivity contribution < 1.29 is 0 Å². The summed E-state index contributed by atoms with van der Waals surface area (Å²) in [5.74, 6) is 1.05. The highest BCUT2D eigenvalue weighted by Gasteiger charge is 2.05. The van der Waals surface area contributed by atoms with Gasteiger partial charge in [0.25, 0.3) is 0 Å². The summed E-state index contributed by atoms with van der Waals surface area (Å²) in [5, 5.41) is 2.11. The van der Waals surface area contributed by atoms with Crippen molar-refractivity contribution in [3.63, 3.8) is 0 Å². The molecule has 0 aliphatic carbocycles.